The number of ether oxygens (including phenoxy) is 1. The van der Waals surface area contributed by atoms with Crippen molar-refractivity contribution < 1.29 is 23.1 Å². The molecule has 2 aromatic rings. The minimum Gasteiger partial charge on any atom is -0.478 e. The van der Waals surface area contributed by atoms with Crippen molar-refractivity contribution in [3.63, 3.8) is 0 Å². The molecule has 21 heavy (non-hydrogen) atoms. The van der Waals surface area contributed by atoms with E-state index < -0.39 is 16.0 Å². The summed E-state index contributed by atoms with van der Waals surface area (Å²) in [6.45, 7) is 1.91. The Bertz CT molecular complexity index is 782. The minimum absolute atomic E-state index is 0.0405. The van der Waals surface area contributed by atoms with Crippen molar-refractivity contribution in [2.24, 2.45) is 5.14 Å². The number of aryl methyl sites for hydroxylation is 1. The summed E-state index contributed by atoms with van der Waals surface area (Å²) in [5.74, 6) is -0.812. The Morgan fingerprint density at radius 1 is 1.14 bits per heavy atom. The largest absolute Gasteiger partial charge is 0.478 e. The van der Waals surface area contributed by atoms with Crippen molar-refractivity contribution in [3.05, 3.63) is 53.6 Å². The van der Waals surface area contributed by atoms with Crippen LogP contribution < -0.4 is 9.88 Å². The van der Waals surface area contributed by atoms with Gasteiger partial charge in [0.1, 0.15) is 17.1 Å². The Morgan fingerprint density at radius 2 is 1.76 bits per heavy atom. The fourth-order valence-electron chi connectivity index (χ4n) is 1.68. The summed E-state index contributed by atoms with van der Waals surface area (Å²) in [4.78, 5) is 10.9. The predicted molar refractivity (Wildman–Crippen MR) is 76.0 cm³/mol. The van der Waals surface area contributed by atoms with Crippen molar-refractivity contribution >= 4 is 16.0 Å². The van der Waals surface area contributed by atoms with Gasteiger partial charge in [-0.25, -0.2) is 18.4 Å². The number of carbonyl (C=O) groups is 1. The van der Waals surface area contributed by atoms with Gasteiger partial charge in [-0.3, -0.25) is 0 Å². The number of benzene rings is 2. The first-order valence-corrected chi connectivity index (χ1v) is 7.46. The smallest absolute Gasteiger partial charge is 0.339 e. The van der Waals surface area contributed by atoms with E-state index >= 15 is 0 Å². The highest BCUT2D eigenvalue weighted by atomic mass is 32.2. The van der Waals surface area contributed by atoms with Gasteiger partial charge in [-0.15, -0.1) is 0 Å². The maximum absolute atomic E-state index is 11.3. The van der Waals surface area contributed by atoms with E-state index in [1.165, 1.54) is 12.1 Å². The van der Waals surface area contributed by atoms with Crippen molar-refractivity contribution in [1.82, 2.24) is 0 Å². The number of rotatable bonds is 4. The molecule has 0 unspecified atom stereocenters. The molecule has 0 saturated carbocycles. The van der Waals surface area contributed by atoms with Gasteiger partial charge in [0.2, 0.25) is 10.0 Å². The molecular weight excluding hydrogens is 294 g/mol. The zero-order chi connectivity index (χ0) is 15.6. The second-order valence-corrected chi connectivity index (χ2v) is 5.98. The first-order chi connectivity index (χ1) is 9.77. The van der Waals surface area contributed by atoms with E-state index in [2.05, 4.69) is 0 Å². The Morgan fingerprint density at radius 3 is 2.29 bits per heavy atom. The van der Waals surface area contributed by atoms with Gasteiger partial charge in [0.15, 0.2) is 0 Å². The Balaban J connectivity index is 2.44. The lowest BCUT2D eigenvalue weighted by molar-refractivity contribution is 0.0694. The summed E-state index contributed by atoms with van der Waals surface area (Å²) in [5.41, 5.74) is 0.757. The van der Waals surface area contributed by atoms with Gasteiger partial charge in [-0.05, 0) is 37.3 Å². The number of nitrogens with two attached hydrogens (primary N) is 1. The molecule has 0 amide bonds. The monoisotopic (exact) mass is 307 g/mol. The Kier molecular flexibility index (Phi) is 3.97. The number of sulfonamides is 1. The summed E-state index contributed by atoms with van der Waals surface area (Å²) in [5, 5.41) is 14.1. The summed E-state index contributed by atoms with van der Waals surface area (Å²) >= 11 is 0. The summed E-state index contributed by atoms with van der Waals surface area (Å²) in [6.07, 6.45) is 0. The first-order valence-electron chi connectivity index (χ1n) is 5.92. The second kappa shape index (κ2) is 5.55. The number of carboxylic acids is 1. The van der Waals surface area contributed by atoms with Gasteiger partial charge in [0.05, 0.1) is 4.90 Å². The fourth-order valence-corrected chi connectivity index (χ4v) is 2.22. The number of hydrogen-bond acceptors (Lipinski definition) is 4. The molecule has 0 atom stereocenters. The van der Waals surface area contributed by atoms with E-state index in [4.69, 9.17) is 15.0 Å². The van der Waals surface area contributed by atoms with Crippen LogP contribution in [0.4, 0.5) is 0 Å². The van der Waals surface area contributed by atoms with Gasteiger partial charge in [0, 0.05) is 0 Å². The summed E-state index contributed by atoms with van der Waals surface area (Å²) in [7, 11) is -3.97. The van der Waals surface area contributed by atoms with E-state index in [0.717, 1.165) is 11.6 Å². The van der Waals surface area contributed by atoms with Gasteiger partial charge in [-0.2, -0.15) is 0 Å². The lowest BCUT2D eigenvalue weighted by Crippen LogP contribution is -2.13. The molecule has 0 fully saturated rings. The third-order valence-corrected chi connectivity index (χ3v) is 3.67. The lowest BCUT2D eigenvalue weighted by Gasteiger charge is -2.10. The molecule has 3 N–H and O–H groups in total. The molecule has 0 saturated heterocycles. The Hall–Kier alpha value is -2.38. The average molecular weight is 307 g/mol. The number of primary sulfonamides is 1. The predicted octanol–water partition coefficient (Wildman–Crippen LogP) is 2.13. The SMILES string of the molecule is Cc1ccc(Oc2ccc(S(N)(=O)=O)cc2C(=O)O)cc1. The van der Waals surface area contributed by atoms with Crippen LogP contribution in [0.3, 0.4) is 0 Å². The van der Waals surface area contributed by atoms with Gasteiger partial charge >= 0.3 is 5.97 Å². The average Bonchev–Trinajstić information content (AvgIpc) is 2.40. The van der Waals surface area contributed by atoms with E-state index in [0.29, 0.717) is 5.75 Å². The third kappa shape index (κ3) is 3.59. The highest BCUT2D eigenvalue weighted by molar-refractivity contribution is 7.89. The van der Waals surface area contributed by atoms with Crippen molar-refractivity contribution in [3.8, 4) is 11.5 Å². The maximum atomic E-state index is 11.3. The van der Waals surface area contributed by atoms with Crippen LogP contribution >= 0.6 is 0 Å². The van der Waals surface area contributed by atoms with Crippen LogP contribution in [0.2, 0.25) is 0 Å². The molecule has 2 aromatic carbocycles. The molecule has 0 aliphatic rings. The number of carboxylic acid groups (broad SMARTS) is 1. The normalized spacial score (nSPS) is 11.1. The van der Waals surface area contributed by atoms with Crippen molar-refractivity contribution in [1.29, 1.82) is 0 Å². The molecular formula is C14H13NO5S. The maximum Gasteiger partial charge on any atom is 0.339 e. The standard InChI is InChI=1S/C14H13NO5S/c1-9-2-4-10(5-3-9)20-13-7-6-11(21(15,18)19)8-12(13)14(16)17/h2-8H,1H3,(H,16,17)(H2,15,18,19). The zero-order valence-corrected chi connectivity index (χ0v) is 11.9. The Labute approximate surface area is 121 Å². The summed E-state index contributed by atoms with van der Waals surface area (Å²) < 4.78 is 28.0. The highest BCUT2D eigenvalue weighted by Crippen LogP contribution is 2.27. The van der Waals surface area contributed by atoms with Gasteiger partial charge in [-0.1, -0.05) is 17.7 Å². The number of aromatic carboxylic acids is 1. The first kappa shape index (κ1) is 15.0. The van der Waals surface area contributed by atoms with Crippen LogP contribution in [-0.2, 0) is 10.0 Å². The molecule has 0 radical (unpaired) electrons. The second-order valence-electron chi connectivity index (χ2n) is 4.42. The topological polar surface area (TPSA) is 107 Å². The molecule has 110 valence electrons. The number of hydrogen-bond donors (Lipinski definition) is 2. The summed E-state index contributed by atoms with van der Waals surface area (Å²) in [6, 6.07) is 10.4. The molecule has 0 spiro atoms. The van der Waals surface area contributed by atoms with Crippen molar-refractivity contribution in [2.45, 2.75) is 11.8 Å². The minimum atomic E-state index is -3.97. The molecule has 0 bridgehead atoms. The van der Waals surface area contributed by atoms with Crippen LogP contribution in [0, 0.1) is 6.92 Å². The van der Waals surface area contributed by atoms with E-state index in [9.17, 15) is 13.2 Å². The molecule has 7 heteroatoms. The van der Waals surface area contributed by atoms with Gasteiger partial charge in [0.25, 0.3) is 0 Å². The molecule has 6 nitrogen and oxygen atoms in total. The lowest BCUT2D eigenvalue weighted by atomic mass is 10.2. The van der Waals surface area contributed by atoms with Crippen LogP contribution in [0.1, 0.15) is 15.9 Å². The van der Waals surface area contributed by atoms with Gasteiger partial charge < -0.3 is 9.84 Å². The van der Waals surface area contributed by atoms with E-state index in [1.807, 2.05) is 19.1 Å². The van der Waals surface area contributed by atoms with Crippen LogP contribution in [-0.4, -0.2) is 19.5 Å². The van der Waals surface area contributed by atoms with Crippen LogP contribution in [0.25, 0.3) is 0 Å². The quantitative estimate of drug-likeness (QED) is 0.899. The molecule has 0 heterocycles. The molecule has 0 aliphatic heterocycles. The molecule has 2 rings (SSSR count). The van der Waals surface area contributed by atoms with E-state index in [1.54, 1.807) is 12.1 Å². The molecule has 0 aliphatic carbocycles. The zero-order valence-electron chi connectivity index (χ0n) is 11.1. The van der Waals surface area contributed by atoms with Crippen molar-refractivity contribution in [2.75, 3.05) is 0 Å². The third-order valence-electron chi connectivity index (χ3n) is 2.76. The molecule has 0 aromatic heterocycles. The van der Waals surface area contributed by atoms with Crippen LogP contribution in [0.15, 0.2) is 47.4 Å². The van der Waals surface area contributed by atoms with Crippen LogP contribution in [0.5, 0.6) is 11.5 Å². The highest BCUT2D eigenvalue weighted by Gasteiger charge is 2.17. The fraction of sp³-hybridized carbons (Fsp3) is 0.0714. The van der Waals surface area contributed by atoms with E-state index in [-0.39, 0.29) is 16.2 Å².